The van der Waals surface area contributed by atoms with Crippen molar-refractivity contribution in [1.29, 1.82) is 0 Å². The summed E-state index contributed by atoms with van der Waals surface area (Å²) in [5, 5.41) is 0. The number of hydrogen-bond donors (Lipinski definition) is 0. The lowest BCUT2D eigenvalue weighted by Gasteiger charge is -2.20. The van der Waals surface area contributed by atoms with Gasteiger partial charge in [0.2, 0.25) is 10.0 Å². The predicted molar refractivity (Wildman–Crippen MR) is 108 cm³/mol. The highest BCUT2D eigenvalue weighted by molar-refractivity contribution is 7.89. The van der Waals surface area contributed by atoms with Gasteiger partial charge in [-0.1, -0.05) is 6.92 Å². The van der Waals surface area contributed by atoms with Crippen LogP contribution in [0, 0.1) is 13.8 Å². The first-order valence-corrected chi connectivity index (χ1v) is 10.5. The molecule has 1 heterocycles. The lowest BCUT2D eigenvalue weighted by Crippen LogP contribution is -2.35. The number of Topliss-reactive ketones (excluding diaryl/α,β-unsaturated/α-hetero) is 1. The molecule has 0 aliphatic rings. The fourth-order valence-corrected chi connectivity index (χ4v) is 4.68. The Morgan fingerprint density at radius 2 is 1.69 bits per heavy atom. The molecule has 2 aromatic rings. The lowest BCUT2D eigenvalue weighted by molar-refractivity contribution is 0.0588. The predicted octanol–water partition coefficient (Wildman–Crippen LogP) is 2.33. The summed E-state index contributed by atoms with van der Waals surface area (Å²) in [6, 6.07) is 5.98. The van der Waals surface area contributed by atoms with Crippen LogP contribution in [-0.2, 0) is 21.8 Å². The first-order valence-electron chi connectivity index (χ1n) is 9.01. The summed E-state index contributed by atoms with van der Waals surface area (Å²) in [6.07, 6.45) is 0. The van der Waals surface area contributed by atoms with Gasteiger partial charge < -0.3 is 14.0 Å². The Balaban J connectivity index is 2.38. The number of rotatable bonds is 8. The summed E-state index contributed by atoms with van der Waals surface area (Å²) in [5.41, 5.74) is 1.65. The monoisotopic (exact) mass is 422 g/mol. The average molecular weight is 423 g/mol. The number of sulfonamides is 1. The van der Waals surface area contributed by atoms with Crippen molar-refractivity contribution in [3.8, 4) is 5.75 Å². The van der Waals surface area contributed by atoms with Crippen molar-refractivity contribution >= 4 is 21.8 Å². The van der Waals surface area contributed by atoms with Crippen molar-refractivity contribution in [2.24, 2.45) is 7.05 Å². The molecular formula is C20H26N2O6S. The van der Waals surface area contributed by atoms with E-state index in [0.29, 0.717) is 22.6 Å². The molecule has 2 rings (SSSR count). The molecule has 0 saturated heterocycles. The Morgan fingerprint density at radius 3 is 2.17 bits per heavy atom. The number of ether oxygens (including phenoxy) is 2. The number of hydrogen-bond acceptors (Lipinski definition) is 6. The van der Waals surface area contributed by atoms with E-state index in [1.54, 1.807) is 44.5 Å². The molecule has 8 nitrogen and oxygen atoms in total. The molecule has 9 heteroatoms. The van der Waals surface area contributed by atoms with Crippen LogP contribution in [0.4, 0.5) is 0 Å². The maximum absolute atomic E-state index is 13.0. The number of aromatic nitrogens is 1. The summed E-state index contributed by atoms with van der Waals surface area (Å²) in [4.78, 5) is 25.1. The van der Waals surface area contributed by atoms with Gasteiger partial charge in [-0.15, -0.1) is 0 Å². The van der Waals surface area contributed by atoms with Gasteiger partial charge in [0, 0.05) is 24.8 Å². The highest BCUT2D eigenvalue weighted by Gasteiger charge is 2.30. The zero-order valence-electron chi connectivity index (χ0n) is 17.5. The SMILES string of the molecule is CCN(CC(=O)c1c(C)c(C(=O)OC)n(C)c1C)S(=O)(=O)c1ccc(OC)cc1. The quantitative estimate of drug-likeness (QED) is 0.479. The summed E-state index contributed by atoms with van der Waals surface area (Å²) in [6.45, 7) is 4.81. The molecule has 0 aliphatic heterocycles. The summed E-state index contributed by atoms with van der Waals surface area (Å²) >= 11 is 0. The number of nitrogens with zero attached hydrogens (tertiary/aromatic N) is 2. The minimum Gasteiger partial charge on any atom is -0.497 e. The molecule has 0 aliphatic carbocycles. The fraction of sp³-hybridized carbons (Fsp3) is 0.400. The molecule has 0 unspecified atom stereocenters. The molecule has 29 heavy (non-hydrogen) atoms. The van der Waals surface area contributed by atoms with Crippen LogP contribution < -0.4 is 4.74 Å². The normalized spacial score (nSPS) is 11.6. The van der Waals surface area contributed by atoms with Crippen LogP contribution in [0.2, 0.25) is 0 Å². The van der Waals surface area contributed by atoms with E-state index in [9.17, 15) is 18.0 Å². The van der Waals surface area contributed by atoms with E-state index in [1.165, 1.54) is 26.4 Å². The van der Waals surface area contributed by atoms with E-state index in [0.717, 1.165) is 4.31 Å². The summed E-state index contributed by atoms with van der Waals surface area (Å²) in [7, 11) is 0.556. The molecule has 0 spiro atoms. The van der Waals surface area contributed by atoms with Crippen LogP contribution in [0.1, 0.15) is 39.0 Å². The minimum absolute atomic E-state index is 0.0738. The summed E-state index contributed by atoms with van der Waals surface area (Å²) < 4.78 is 38.5. The van der Waals surface area contributed by atoms with Crippen LogP contribution in [-0.4, -0.2) is 56.4 Å². The van der Waals surface area contributed by atoms with Crippen molar-refractivity contribution < 1.29 is 27.5 Å². The van der Waals surface area contributed by atoms with Crippen LogP contribution in [0.15, 0.2) is 29.2 Å². The van der Waals surface area contributed by atoms with Crippen LogP contribution >= 0.6 is 0 Å². The van der Waals surface area contributed by atoms with E-state index < -0.39 is 16.0 Å². The number of carbonyl (C=O) groups is 2. The number of likely N-dealkylation sites (N-methyl/N-ethyl adjacent to an activating group) is 1. The highest BCUT2D eigenvalue weighted by Crippen LogP contribution is 2.24. The number of methoxy groups -OCH3 is 2. The number of ketones is 1. The Morgan fingerprint density at radius 1 is 1.10 bits per heavy atom. The Labute approximate surface area is 171 Å². The second kappa shape index (κ2) is 8.79. The topological polar surface area (TPSA) is 94.9 Å². The van der Waals surface area contributed by atoms with Gasteiger partial charge in [0.05, 0.1) is 25.7 Å². The first kappa shape index (κ1) is 22.6. The number of benzene rings is 1. The van der Waals surface area contributed by atoms with Gasteiger partial charge in [-0.2, -0.15) is 4.31 Å². The molecule has 0 saturated carbocycles. The van der Waals surface area contributed by atoms with E-state index in [-0.39, 0.29) is 29.5 Å². The second-order valence-electron chi connectivity index (χ2n) is 6.51. The Kier molecular flexibility index (Phi) is 6.86. The number of carbonyl (C=O) groups excluding carboxylic acids is 2. The standard InChI is InChI=1S/C20H26N2O6S/c1-7-22(29(25,26)16-10-8-15(27-5)9-11-16)12-17(23)18-13(2)19(20(24)28-6)21(4)14(18)3/h8-11H,7,12H2,1-6H3. The van der Waals surface area contributed by atoms with Gasteiger partial charge in [0.15, 0.2) is 5.78 Å². The van der Waals surface area contributed by atoms with Gasteiger partial charge in [-0.3, -0.25) is 4.79 Å². The minimum atomic E-state index is -3.87. The van der Waals surface area contributed by atoms with E-state index >= 15 is 0 Å². The van der Waals surface area contributed by atoms with E-state index in [2.05, 4.69) is 0 Å². The molecule has 0 fully saturated rings. The third-order valence-corrected chi connectivity index (χ3v) is 6.89. The molecule has 0 bridgehead atoms. The smallest absolute Gasteiger partial charge is 0.354 e. The molecular weight excluding hydrogens is 396 g/mol. The molecule has 1 aromatic heterocycles. The molecule has 1 aromatic carbocycles. The molecule has 0 amide bonds. The largest absolute Gasteiger partial charge is 0.497 e. The third-order valence-electron chi connectivity index (χ3n) is 4.96. The van der Waals surface area contributed by atoms with E-state index in [1.807, 2.05) is 0 Å². The van der Waals surface area contributed by atoms with Crippen LogP contribution in [0.5, 0.6) is 5.75 Å². The van der Waals surface area contributed by atoms with Gasteiger partial charge >= 0.3 is 5.97 Å². The Bertz CT molecular complexity index is 1020. The maximum Gasteiger partial charge on any atom is 0.354 e. The van der Waals surface area contributed by atoms with Crippen molar-refractivity contribution in [3.63, 3.8) is 0 Å². The first-order chi connectivity index (χ1) is 13.6. The van der Waals surface area contributed by atoms with Gasteiger partial charge in [0.1, 0.15) is 11.4 Å². The molecule has 0 N–H and O–H groups in total. The maximum atomic E-state index is 13.0. The van der Waals surface area contributed by atoms with Crippen LogP contribution in [0.25, 0.3) is 0 Å². The zero-order chi connectivity index (χ0) is 21.9. The summed E-state index contributed by atoms with van der Waals surface area (Å²) in [5.74, 6) is -0.399. The lowest BCUT2D eigenvalue weighted by atomic mass is 10.1. The third kappa shape index (κ3) is 4.20. The van der Waals surface area contributed by atoms with Gasteiger partial charge in [0.25, 0.3) is 0 Å². The average Bonchev–Trinajstić information content (AvgIpc) is 2.93. The highest BCUT2D eigenvalue weighted by atomic mass is 32.2. The van der Waals surface area contributed by atoms with Crippen molar-refractivity contribution in [3.05, 3.63) is 46.8 Å². The van der Waals surface area contributed by atoms with Crippen LogP contribution in [0.3, 0.4) is 0 Å². The number of esters is 1. The Hall–Kier alpha value is -2.65. The van der Waals surface area contributed by atoms with Crippen molar-refractivity contribution in [2.45, 2.75) is 25.7 Å². The fourth-order valence-electron chi connectivity index (χ4n) is 3.28. The molecule has 0 atom stereocenters. The van der Waals surface area contributed by atoms with Gasteiger partial charge in [-0.05, 0) is 43.7 Å². The molecule has 0 radical (unpaired) electrons. The van der Waals surface area contributed by atoms with Crippen molar-refractivity contribution in [2.75, 3.05) is 27.3 Å². The van der Waals surface area contributed by atoms with Crippen molar-refractivity contribution in [1.82, 2.24) is 8.87 Å². The van der Waals surface area contributed by atoms with Gasteiger partial charge in [-0.25, -0.2) is 13.2 Å². The second-order valence-corrected chi connectivity index (χ2v) is 8.45. The zero-order valence-corrected chi connectivity index (χ0v) is 18.3. The molecule has 158 valence electrons. The van der Waals surface area contributed by atoms with E-state index in [4.69, 9.17) is 9.47 Å².